The molecule has 2 bridgehead atoms. The average Bonchev–Trinajstić information content (AvgIpc) is 3.51. The van der Waals surface area contributed by atoms with E-state index in [0.29, 0.717) is 23.2 Å². The first-order chi connectivity index (χ1) is 14.2. The predicted octanol–water partition coefficient (Wildman–Crippen LogP) is 3.15. The molecule has 4 aliphatic carbocycles. The summed E-state index contributed by atoms with van der Waals surface area (Å²) in [7, 11) is 0. The van der Waals surface area contributed by atoms with E-state index in [4.69, 9.17) is 0 Å². The second-order valence-electron chi connectivity index (χ2n) is 8.65. The van der Waals surface area contributed by atoms with Gasteiger partial charge in [0.25, 0.3) is 0 Å². The maximum absolute atomic E-state index is 13.3. The van der Waals surface area contributed by atoms with E-state index >= 15 is 0 Å². The summed E-state index contributed by atoms with van der Waals surface area (Å²) in [5.41, 5.74) is 0.910. The molecule has 0 radical (unpaired) electrons. The molecule has 158 valence electrons. The minimum absolute atomic E-state index is 0.00828. The monoisotopic (exact) mass is 418 g/mol. The standard InChI is InChI=1S/C22H21F3N2O3/c1-2-11-3-5-12(6-4-11)26(21(30)22(23,24)25)10-27-19(28)17-13-7-8-14(16-9-15(13)16)18(17)20(27)29/h3-8,13-18H,2,9-10H2,1H3/t13-,14-,15-,16-,17-,18+/m1/s1. The van der Waals surface area contributed by atoms with Crippen LogP contribution in [0.1, 0.15) is 18.9 Å². The molecule has 0 aromatic heterocycles. The second-order valence-corrected chi connectivity index (χ2v) is 8.65. The molecule has 30 heavy (non-hydrogen) atoms. The molecule has 0 N–H and O–H groups in total. The fourth-order valence-corrected chi connectivity index (χ4v) is 5.63. The van der Waals surface area contributed by atoms with Crippen molar-refractivity contribution >= 4 is 23.4 Å². The quantitative estimate of drug-likeness (QED) is 0.558. The van der Waals surface area contributed by atoms with Crippen molar-refractivity contribution in [2.45, 2.75) is 25.9 Å². The Labute approximate surface area is 171 Å². The highest BCUT2D eigenvalue weighted by Gasteiger charge is 2.67. The fourth-order valence-electron chi connectivity index (χ4n) is 5.63. The van der Waals surface area contributed by atoms with Crippen LogP contribution in [0.5, 0.6) is 0 Å². The summed E-state index contributed by atoms with van der Waals surface area (Å²) in [5.74, 6) is -3.29. The first kappa shape index (κ1) is 19.3. The smallest absolute Gasteiger partial charge is 0.286 e. The topological polar surface area (TPSA) is 57.7 Å². The maximum atomic E-state index is 13.3. The molecule has 0 unspecified atom stereocenters. The summed E-state index contributed by atoms with van der Waals surface area (Å²) in [6.45, 7) is 1.19. The number of likely N-dealkylation sites (tertiary alicyclic amines) is 1. The Morgan fingerprint density at radius 2 is 1.57 bits per heavy atom. The number of hydrogen-bond donors (Lipinski definition) is 0. The third kappa shape index (κ3) is 2.72. The van der Waals surface area contributed by atoms with Gasteiger partial charge in [-0.3, -0.25) is 24.2 Å². The summed E-state index contributed by atoms with van der Waals surface area (Å²) >= 11 is 0. The molecule has 1 aromatic carbocycles. The number of imide groups is 1. The van der Waals surface area contributed by atoms with Gasteiger partial charge < -0.3 is 0 Å². The van der Waals surface area contributed by atoms with Crippen LogP contribution in [-0.2, 0) is 20.8 Å². The number of rotatable bonds is 4. The van der Waals surface area contributed by atoms with Crippen LogP contribution in [0.2, 0.25) is 0 Å². The number of amides is 3. The number of alkyl halides is 3. The van der Waals surface area contributed by atoms with Crippen LogP contribution in [0.15, 0.2) is 36.4 Å². The van der Waals surface area contributed by atoms with Crippen LogP contribution < -0.4 is 4.90 Å². The van der Waals surface area contributed by atoms with Gasteiger partial charge in [-0.15, -0.1) is 0 Å². The van der Waals surface area contributed by atoms with Crippen molar-refractivity contribution in [3.05, 3.63) is 42.0 Å². The lowest BCUT2D eigenvalue weighted by Crippen LogP contribution is -2.49. The molecule has 2 saturated carbocycles. The largest absolute Gasteiger partial charge is 0.471 e. The number of nitrogens with zero attached hydrogens (tertiary/aromatic N) is 2. The van der Waals surface area contributed by atoms with E-state index in [0.717, 1.165) is 16.9 Å². The first-order valence-electron chi connectivity index (χ1n) is 10.2. The van der Waals surface area contributed by atoms with E-state index in [1.165, 1.54) is 12.1 Å². The van der Waals surface area contributed by atoms with E-state index in [-0.39, 0.29) is 17.5 Å². The predicted molar refractivity (Wildman–Crippen MR) is 101 cm³/mol. The van der Waals surface area contributed by atoms with Crippen molar-refractivity contribution < 1.29 is 27.6 Å². The zero-order valence-corrected chi connectivity index (χ0v) is 16.3. The van der Waals surface area contributed by atoms with Gasteiger partial charge >= 0.3 is 12.1 Å². The van der Waals surface area contributed by atoms with E-state index in [1.54, 1.807) is 12.1 Å². The minimum Gasteiger partial charge on any atom is -0.286 e. The summed E-state index contributed by atoms with van der Waals surface area (Å²) in [6.07, 6.45) is 0.564. The van der Waals surface area contributed by atoms with Gasteiger partial charge in [-0.25, -0.2) is 0 Å². The molecular weight excluding hydrogens is 397 g/mol. The Balaban J connectivity index is 1.45. The highest BCUT2D eigenvalue weighted by Crippen LogP contribution is 2.65. The molecule has 3 fully saturated rings. The zero-order valence-electron chi connectivity index (χ0n) is 16.3. The Morgan fingerprint density at radius 1 is 1.03 bits per heavy atom. The maximum Gasteiger partial charge on any atom is 0.471 e. The number of benzene rings is 1. The molecule has 5 aliphatic rings. The molecule has 1 aromatic rings. The minimum atomic E-state index is -5.12. The van der Waals surface area contributed by atoms with E-state index in [2.05, 4.69) is 0 Å². The van der Waals surface area contributed by atoms with Gasteiger partial charge in [0.05, 0.1) is 11.8 Å². The van der Waals surface area contributed by atoms with E-state index < -0.39 is 42.4 Å². The molecule has 1 saturated heterocycles. The van der Waals surface area contributed by atoms with E-state index in [1.807, 2.05) is 19.1 Å². The van der Waals surface area contributed by atoms with Crippen molar-refractivity contribution in [1.82, 2.24) is 4.90 Å². The van der Waals surface area contributed by atoms with Gasteiger partial charge in [0, 0.05) is 5.69 Å². The van der Waals surface area contributed by atoms with Crippen LogP contribution in [0.25, 0.3) is 0 Å². The van der Waals surface area contributed by atoms with Crippen LogP contribution in [0.3, 0.4) is 0 Å². The average molecular weight is 418 g/mol. The highest BCUT2D eigenvalue weighted by molar-refractivity contribution is 6.07. The molecular formula is C22H21F3N2O3. The molecule has 1 heterocycles. The van der Waals surface area contributed by atoms with Gasteiger partial charge in [0.1, 0.15) is 6.67 Å². The van der Waals surface area contributed by atoms with Crippen molar-refractivity contribution in [2.75, 3.05) is 11.6 Å². The van der Waals surface area contributed by atoms with Gasteiger partial charge in [-0.05, 0) is 54.2 Å². The third-order valence-corrected chi connectivity index (χ3v) is 7.18. The van der Waals surface area contributed by atoms with E-state index in [9.17, 15) is 27.6 Å². The van der Waals surface area contributed by atoms with Crippen LogP contribution in [0.4, 0.5) is 18.9 Å². The van der Waals surface area contributed by atoms with Crippen molar-refractivity contribution in [1.29, 1.82) is 0 Å². The Hall–Kier alpha value is -2.64. The number of anilines is 1. The number of halogens is 3. The highest BCUT2D eigenvalue weighted by atomic mass is 19.4. The molecule has 6 rings (SSSR count). The normalized spacial score (nSPS) is 33.5. The summed E-state index contributed by atoms with van der Waals surface area (Å²) in [6, 6.07) is 6.11. The Bertz CT molecular complexity index is 919. The van der Waals surface area contributed by atoms with Crippen molar-refractivity contribution in [2.24, 2.45) is 35.5 Å². The molecule has 8 heteroatoms. The van der Waals surface area contributed by atoms with Gasteiger partial charge in [-0.2, -0.15) is 13.2 Å². The van der Waals surface area contributed by atoms with Crippen molar-refractivity contribution in [3.63, 3.8) is 0 Å². The number of allylic oxidation sites excluding steroid dienone is 2. The van der Waals surface area contributed by atoms with Gasteiger partial charge in [-0.1, -0.05) is 31.2 Å². The lowest BCUT2D eigenvalue weighted by Gasteiger charge is -2.37. The van der Waals surface area contributed by atoms with Crippen LogP contribution in [0, 0.1) is 35.5 Å². The first-order valence-corrected chi connectivity index (χ1v) is 10.2. The summed E-state index contributed by atoms with van der Waals surface area (Å²) < 4.78 is 39.9. The van der Waals surface area contributed by atoms with Gasteiger partial charge in [0.15, 0.2) is 0 Å². The lowest BCUT2D eigenvalue weighted by atomic mass is 9.63. The zero-order chi connectivity index (χ0) is 21.4. The summed E-state index contributed by atoms with van der Waals surface area (Å²) in [4.78, 5) is 39.7. The SMILES string of the molecule is CCc1ccc(N(CN2C(=O)[C@@H]3[C@@H]4C=C[C@H]([C@H]5C[C@H]45)[C@@H]3C2=O)C(=O)C(F)(F)F)cc1. The Kier molecular flexibility index (Phi) is 4.14. The summed E-state index contributed by atoms with van der Waals surface area (Å²) in [5, 5.41) is 0. The van der Waals surface area contributed by atoms with Crippen molar-refractivity contribution in [3.8, 4) is 0 Å². The molecule has 5 nitrogen and oxygen atoms in total. The number of aryl methyl sites for hydroxylation is 1. The molecule has 1 aliphatic heterocycles. The molecule has 3 amide bonds. The number of hydrogen-bond acceptors (Lipinski definition) is 3. The molecule has 0 spiro atoms. The van der Waals surface area contributed by atoms with Crippen LogP contribution >= 0.6 is 0 Å². The number of carbonyl (C=O) groups excluding carboxylic acids is 3. The fraction of sp³-hybridized carbons (Fsp3) is 0.500. The van der Waals surface area contributed by atoms with Crippen LogP contribution in [-0.4, -0.2) is 35.5 Å². The third-order valence-electron chi connectivity index (χ3n) is 7.18. The number of carbonyl (C=O) groups is 3. The Morgan fingerprint density at radius 3 is 2.03 bits per heavy atom. The second kappa shape index (κ2) is 6.43. The molecule has 6 atom stereocenters. The lowest BCUT2D eigenvalue weighted by molar-refractivity contribution is -0.171. The van der Waals surface area contributed by atoms with Gasteiger partial charge in [0.2, 0.25) is 11.8 Å².